The van der Waals surface area contributed by atoms with Crippen LogP contribution in [0.25, 0.3) is 17.1 Å². The maximum Gasteiger partial charge on any atom is 0.434 e. The summed E-state index contributed by atoms with van der Waals surface area (Å²) in [5, 5.41) is 5.96. The molecule has 2 heterocycles. The number of nitrogens with one attached hydrogen (secondary N) is 1. The van der Waals surface area contributed by atoms with Crippen molar-refractivity contribution in [2.45, 2.75) is 44.9 Å². The molecule has 0 aliphatic heterocycles. The molecule has 0 bridgehead atoms. The minimum Gasteiger partial charge on any atom is -0.488 e. The van der Waals surface area contributed by atoms with Crippen LogP contribution < -0.4 is 10.1 Å². The van der Waals surface area contributed by atoms with Gasteiger partial charge in [-0.15, -0.1) is 0 Å². The molecule has 0 unspecified atom stereocenters. The first kappa shape index (κ1) is 35.3. The Morgan fingerprint density at radius 2 is 1.55 bits per heavy atom. The maximum atomic E-state index is 14.1. The molecule has 2 aromatic carbocycles. The van der Waals surface area contributed by atoms with Crippen LogP contribution in [-0.4, -0.2) is 46.6 Å². The third-order valence-corrected chi connectivity index (χ3v) is 6.63. The van der Waals surface area contributed by atoms with Gasteiger partial charge in [0.05, 0.1) is 30.6 Å². The molecular formula is C31H27F9N4O3. The standard InChI is InChI=1S/C31H27F9N4O3/c1-2-46-28(45)22-16-42-44(27(22)31(38,39)40)25-10-4-9-24(43-25)21-7-3-8-23(30(35,36)37)26(21)47-17-20-13-11-19(12-14-20)6-5-15-41-18-29(32,33)34/h3-4,7-14,16,41H,2,5-6,15,17-18H2,1H3. The number of ether oxygens (including phenoxy) is 2. The molecule has 0 saturated heterocycles. The van der Waals surface area contributed by atoms with E-state index in [2.05, 4.69) is 15.4 Å². The van der Waals surface area contributed by atoms with Crippen LogP contribution in [0, 0.1) is 0 Å². The maximum absolute atomic E-state index is 14.1. The fraction of sp³-hybridized carbons (Fsp3) is 0.323. The number of alkyl halides is 9. The average molecular weight is 675 g/mol. The second-order valence-corrected chi connectivity index (χ2v) is 10.1. The van der Waals surface area contributed by atoms with Gasteiger partial charge in [-0.05, 0) is 61.7 Å². The van der Waals surface area contributed by atoms with Crippen LogP contribution in [0.2, 0.25) is 0 Å². The second kappa shape index (κ2) is 14.4. The molecule has 0 spiro atoms. The lowest BCUT2D eigenvalue weighted by atomic mass is 10.0. The Morgan fingerprint density at radius 1 is 0.872 bits per heavy atom. The van der Waals surface area contributed by atoms with Gasteiger partial charge < -0.3 is 14.8 Å². The van der Waals surface area contributed by atoms with Gasteiger partial charge in [0.15, 0.2) is 11.5 Å². The summed E-state index contributed by atoms with van der Waals surface area (Å²) >= 11 is 0. The highest BCUT2D eigenvalue weighted by molar-refractivity contribution is 5.90. The summed E-state index contributed by atoms with van der Waals surface area (Å²) in [6, 6.07) is 13.4. The molecule has 4 aromatic rings. The largest absolute Gasteiger partial charge is 0.488 e. The summed E-state index contributed by atoms with van der Waals surface area (Å²) in [5.41, 5.74) is -2.55. The van der Waals surface area contributed by atoms with E-state index in [0.29, 0.717) is 29.3 Å². The van der Waals surface area contributed by atoms with Crippen LogP contribution >= 0.6 is 0 Å². The Hall–Kier alpha value is -4.60. The second-order valence-electron chi connectivity index (χ2n) is 10.1. The van der Waals surface area contributed by atoms with E-state index in [0.717, 1.165) is 23.8 Å². The first-order valence-electron chi connectivity index (χ1n) is 14.1. The summed E-state index contributed by atoms with van der Waals surface area (Å²) in [4.78, 5) is 16.3. The highest BCUT2D eigenvalue weighted by Gasteiger charge is 2.41. The number of carbonyl (C=O) groups excluding carboxylic acids is 1. The number of aromatic nitrogens is 3. The summed E-state index contributed by atoms with van der Waals surface area (Å²) in [5.74, 6) is -2.31. The van der Waals surface area contributed by atoms with Crippen molar-refractivity contribution in [1.82, 2.24) is 20.1 Å². The van der Waals surface area contributed by atoms with Crippen LogP contribution in [0.3, 0.4) is 0 Å². The van der Waals surface area contributed by atoms with Crippen LogP contribution in [0.15, 0.2) is 66.9 Å². The van der Waals surface area contributed by atoms with Crippen LogP contribution in [0.1, 0.15) is 46.1 Å². The zero-order valence-corrected chi connectivity index (χ0v) is 24.6. The smallest absolute Gasteiger partial charge is 0.434 e. The monoisotopic (exact) mass is 674 g/mol. The zero-order valence-electron chi connectivity index (χ0n) is 24.6. The molecule has 0 amide bonds. The summed E-state index contributed by atoms with van der Waals surface area (Å²) < 4.78 is 132. The van der Waals surface area contributed by atoms with E-state index in [4.69, 9.17) is 9.47 Å². The van der Waals surface area contributed by atoms with Crippen LogP contribution in [-0.2, 0) is 30.1 Å². The van der Waals surface area contributed by atoms with Gasteiger partial charge in [0.1, 0.15) is 17.9 Å². The van der Waals surface area contributed by atoms with Gasteiger partial charge in [-0.1, -0.05) is 36.4 Å². The number of aryl methyl sites for hydroxylation is 1. The molecule has 0 aliphatic carbocycles. The van der Waals surface area contributed by atoms with E-state index >= 15 is 0 Å². The number of hydrogen-bond acceptors (Lipinski definition) is 6. The molecule has 252 valence electrons. The summed E-state index contributed by atoms with van der Waals surface area (Å²) in [7, 11) is 0. The highest BCUT2D eigenvalue weighted by atomic mass is 19.4. The van der Waals surface area contributed by atoms with E-state index in [1.54, 1.807) is 24.3 Å². The fourth-order valence-corrected chi connectivity index (χ4v) is 4.57. The SMILES string of the molecule is CCOC(=O)c1cnn(-c2cccc(-c3cccc(C(F)(F)F)c3OCc3ccc(CCCNCC(F)(F)F)cc3)n2)c1C(F)(F)F. The van der Waals surface area contributed by atoms with Crippen molar-refractivity contribution in [3.63, 3.8) is 0 Å². The molecule has 47 heavy (non-hydrogen) atoms. The van der Waals surface area contributed by atoms with E-state index in [1.165, 1.54) is 25.1 Å². The Kier molecular flexibility index (Phi) is 10.8. The third-order valence-electron chi connectivity index (χ3n) is 6.63. The highest BCUT2D eigenvalue weighted by Crippen LogP contribution is 2.42. The molecule has 0 saturated carbocycles. The summed E-state index contributed by atoms with van der Waals surface area (Å²) in [6.07, 6.45) is -12.7. The number of esters is 1. The lowest BCUT2D eigenvalue weighted by Gasteiger charge is -2.18. The molecule has 7 nitrogen and oxygen atoms in total. The van der Waals surface area contributed by atoms with Crippen molar-refractivity contribution in [3.05, 3.63) is 94.8 Å². The van der Waals surface area contributed by atoms with Crippen LogP contribution in [0.4, 0.5) is 39.5 Å². The molecule has 1 N–H and O–H groups in total. The van der Waals surface area contributed by atoms with E-state index in [1.807, 2.05) is 0 Å². The summed E-state index contributed by atoms with van der Waals surface area (Å²) in [6.45, 7) is -0.0605. The lowest BCUT2D eigenvalue weighted by molar-refractivity contribution is -0.143. The van der Waals surface area contributed by atoms with Crippen molar-refractivity contribution in [2.24, 2.45) is 0 Å². The first-order valence-corrected chi connectivity index (χ1v) is 14.1. The van der Waals surface area contributed by atoms with Crippen molar-refractivity contribution in [3.8, 4) is 22.8 Å². The van der Waals surface area contributed by atoms with Gasteiger partial charge in [-0.3, -0.25) is 0 Å². The number of halogens is 9. The average Bonchev–Trinajstić information content (AvgIpc) is 3.46. The number of pyridine rings is 1. The number of para-hydroxylation sites is 1. The van der Waals surface area contributed by atoms with E-state index < -0.39 is 59.4 Å². The predicted octanol–water partition coefficient (Wildman–Crippen LogP) is 7.81. The molecule has 0 atom stereocenters. The molecule has 16 heteroatoms. The Morgan fingerprint density at radius 3 is 2.19 bits per heavy atom. The molecule has 0 aliphatic rings. The van der Waals surface area contributed by atoms with Gasteiger partial charge in [-0.2, -0.15) is 44.6 Å². The lowest BCUT2D eigenvalue weighted by Crippen LogP contribution is -2.29. The van der Waals surface area contributed by atoms with Crippen molar-refractivity contribution in [1.29, 1.82) is 0 Å². The molecule has 2 aromatic heterocycles. The van der Waals surface area contributed by atoms with Crippen LogP contribution in [0.5, 0.6) is 5.75 Å². The number of carbonyl (C=O) groups is 1. The zero-order chi connectivity index (χ0) is 34.4. The molecule has 0 radical (unpaired) electrons. The van der Waals surface area contributed by atoms with Gasteiger partial charge in [0.25, 0.3) is 0 Å². The fourth-order valence-electron chi connectivity index (χ4n) is 4.57. The number of benzene rings is 2. The number of hydrogen-bond donors (Lipinski definition) is 1. The van der Waals surface area contributed by atoms with Gasteiger partial charge in [0, 0.05) is 5.56 Å². The van der Waals surface area contributed by atoms with E-state index in [9.17, 15) is 44.3 Å². The van der Waals surface area contributed by atoms with Gasteiger partial charge >= 0.3 is 24.5 Å². The Balaban J connectivity index is 1.60. The third kappa shape index (κ3) is 9.24. The normalized spacial score (nSPS) is 12.3. The van der Waals surface area contributed by atoms with Gasteiger partial charge in [-0.25, -0.2) is 14.5 Å². The number of nitrogens with zero attached hydrogens (tertiary/aromatic N) is 3. The number of rotatable bonds is 12. The molecule has 0 fully saturated rings. The van der Waals surface area contributed by atoms with Crippen molar-refractivity contribution in [2.75, 3.05) is 19.7 Å². The topological polar surface area (TPSA) is 78.3 Å². The quantitative estimate of drug-likeness (QED) is 0.0939. The minimum absolute atomic E-state index is 0.140. The molecular weight excluding hydrogens is 647 g/mol. The minimum atomic E-state index is -5.07. The Bertz CT molecular complexity index is 1660. The van der Waals surface area contributed by atoms with Gasteiger partial charge in [0.2, 0.25) is 0 Å². The van der Waals surface area contributed by atoms with Crippen molar-refractivity contribution >= 4 is 5.97 Å². The van der Waals surface area contributed by atoms with Crippen molar-refractivity contribution < 1.29 is 53.8 Å². The first-order chi connectivity index (χ1) is 22.1. The molecule has 4 rings (SSSR count). The predicted molar refractivity (Wildman–Crippen MR) is 151 cm³/mol. The Labute approximate surface area is 262 Å². The van der Waals surface area contributed by atoms with E-state index in [-0.39, 0.29) is 31.0 Å².